The first-order valence-corrected chi connectivity index (χ1v) is 11.6. The van der Waals surface area contributed by atoms with E-state index in [1.807, 2.05) is 0 Å². The van der Waals surface area contributed by atoms with Crippen molar-refractivity contribution < 1.29 is 9.59 Å². The van der Waals surface area contributed by atoms with Crippen LogP contribution in [0.4, 0.5) is 0 Å². The van der Waals surface area contributed by atoms with E-state index < -0.39 is 0 Å². The predicted molar refractivity (Wildman–Crippen MR) is 113 cm³/mol. The van der Waals surface area contributed by atoms with Crippen LogP contribution in [-0.2, 0) is 20.4 Å². The Kier molecular flexibility index (Phi) is 4.52. The maximum atomic E-state index is 13.3. The molecule has 5 rings (SSSR count). The van der Waals surface area contributed by atoms with Crippen molar-refractivity contribution in [2.24, 2.45) is 23.5 Å². The Morgan fingerprint density at radius 1 is 1.14 bits per heavy atom. The van der Waals surface area contributed by atoms with Gasteiger partial charge in [-0.15, -0.1) is 0 Å². The quantitative estimate of drug-likeness (QED) is 0.795. The van der Waals surface area contributed by atoms with E-state index in [1.54, 1.807) is 0 Å². The number of hydrogen-bond donors (Lipinski definition) is 1. The van der Waals surface area contributed by atoms with E-state index in [4.69, 9.17) is 5.73 Å². The highest BCUT2D eigenvalue weighted by Gasteiger charge is 2.62. The Morgan fingerprint density at radius 2 is 1.86 bits per heavy atom. The van der Waals surface area contributed by atoms with Gasteiger partial charge in [-0.1, -0.05) is 44.0 Å². The molecular weight excluding hydrogens is 360 g/mol. The SMILES string of the molecule is CC1(c2ccc(C34C[C@@H]3CN(C(=O)[C@H]3CCC[C@@H](CCC(N)=O)C3)C4)cc2)CC1. The van der Waals surface area contributed by atoms with Crippen molar-refractivity contribution in [3.05, 3.63) is 35.4 Å². The molecule has 1 aromatic rings. The largest absolute Gasteiger partial charge is 0.370 e. The van der Waals surface area contributed by atoms with Crippen molar-refractivity contribution in [1.29, 1.82) is 0 Å². The number of piperidine rings is 1. The van der Waals surface area contributed by atoms with Gasteiger partial charge >= 0.3 is 0 Å². The molecule has 156 valence electrons. The highest BCUT2D eigenvalue weighted by molar-refractivity contribution is 5.80. The Hall–Kier alpha value is -1.84. The van der Waals surface area contributed by atoms with Gasteiger partial charge in [-0.25, -0.2) is 0 Å². The molecular formula is C25H34N2O2. The zero-order valence-corrected chi connectivity index (χ0v) is 17.7. The summed E-state index contributed by atoms with van der Waals surface area (Å²) >= 11 is 0. The van der Waals surface area contributed by atoms with Gasteiger partial charge in [-0.2, -0.15) is 0 Å². The maximum absolute atomic E-state index is 13.3. The van der Waals surface area contributed by atoms with Crippen LogP contribution < -0.4 is 5.73 Å². The minimum absolute atomic E-state index is 0.147. The summed E-state index contributed by atoms with van der Waals surface area (Å²) < 4.78 is 0. The molecule has 4 atom stereocenters. The number of carbonyl (C=O) groups excluding carboxylic acids is 2. The average Bonchev–Trinajstić information content (AvgIpc) is 3.62. The summed E-state index contributed by atoms with van der Waals surface area (Å²) in [4.78, 5) is 26.5. The molecule has 4 fully saturated rings. The standard InChI is InChI=1S/C25H34N2O2/c1-24(11-12-24)19-6-8-20(9-7-19)25-14-21(25)15-27(16-25)23(29)18-4-2-3-17(13-18)5-10-22(26)28/h6-9,17-18,21H,2-5,10-16H2,1H3,(H2,26,28)/t17-,18-,21+,25?/m0/s1. The molecule has 3 saturated carbocycles. The number of rotatable bonds is 6. The van der Waals surface area contributed by atoms with Gasteiger partial charge in [-0.05, 0) is 66.9 Å². The molecule has 1 unspecified atom stereocenters. The first-order valence-electron chi connectivity index (χ1n) is 11.6. The number of benzene rings is 1. The van der Waals surface area contributed by atoms with E-state index in [0.29, 0.717) is 29.6 Å². The lowest BCUT2D eigenvalue weighted by atomic mass is 9.78. The van der Waals surface area contributed by atoms with Crippen LogP contribution in [0.15, 0.2) is 24.3 Å². The number of primary amides is 1. The third-order valence-corrected chi connectivity index (χ3v) is 8.55. The van der Waals surface area contributed by atoms with E-state index in [9.17, 15) is 9.59 Å². The molecule has 0 bridgehead atoms. The second-order valence-corrected chi connectivity index (χ2v) is 10.6. The molecule has 1 aliphatic heterocycles. The number of nitrogens with zero attached hydrogens (tertiary/aromatic N) is 1. The minimum Gasteiger partial charge on any atom is -0.370 e. The zero-order chi connectivity index (χ0) is 20.2. The Labute approximate surface area is 174 Å². The van der Waals surface area contributed by atoms with Crippen LogP contribution in [0.2, 0.25) is 0 Å². The molecule has 1 heterocycles. The highest BCUT2D eigenvalue weighted by Crippen LogP contribution is 2.59. The molecule has 4 heteroatoms. The maximum Gasteiger partial charge on any atom is 0.225 e. The van der Waals surface area contributed by atoms with Gasteiger partial charge in [0.2, 0.25) is 11.8 Å². The molecule has 0 aromatic heterocycles. The van der Waals surface area contributed by atoms with Crippen molar-refractivity contribution >= 4 is 11.8 Å². The lowest BCUT2D eigenvalue weighted by Crippen LogP contribution is -2.39. The molecule has 1 saturated heterocycles. The number of amides is 2. The number of hydrogen-bond acceptors (Lipinski definition) is 2. The molecule has 3 aliphatic carbocycles. The third-order valence-electron chi connectivity index (χ3n) is 8.55. The minimum atomic E-state index is -0.221. The van der Waals surface area contributed by atoms with Gasteiger partial charge in [0.25, 0.3) is 0 Å². The molecule has 4 aliphatic rings. The monoisotopic (exact) mass is 394 g/mol. The Bertz CT molecular complexity index is 813. The van der Waals surface area contributed by atoms with Gasteiger partial charge in [0, 0.05) is 30.8 Å². The van der Waals surface area contributed by atoms with Crippen molar-refractivity contribution in [1.82, 2.24) is 4.90 Å². The second kappa shape index (κ2) is 6.85. The summed E-state index contributed by atoms with van der Waals surface area (Å²) in [6.07, 6.45) is 9.33. The molecule has 0 spiro atoms. The normalized spacial score (nSPS) is 34.5. The summed E-state index contributed by atoms with van der Waals surface area (Å²) in [6, 6.07) is 9.35. The molecule has 29 heavy (non-hydrogen) atoms. The van der Waals surface area contributed by atoms with E-state index in [0.717, 1.165) is 45.2 Å². The Morgan fingerprint density at radius 3 is 2.55 bits per heavy atom. The van der Waals surface area contributed by atoms with Gasteiger partial charge < -0.3 is 10.6 Å². The van der Waals surface area contributed by atoms with Crippen molar-refractivity contribution in [2.75, 3.05) is 13.1 Å². The summed E-state index contributed by atoms with van der Waals surface area (Å²) in [5, 5.41) is 0. The predicted octanol–water partition coefficient (Wildman–Crippen LogP) is 3.91. The van der Waals surface area contributed by atoms with Crippen LogP contribution in [0.25, 0.3) is 0 Å². The zero-order valence-electron chi connectivity index (χ0n) is 17.7. The van der Waals surface area contributed by atoms with Crippen LogP contribution in [0.3, 0.4) is 0 Å². The molecule has 0 radical (unpaired) electrons. The van der Waals surface area contributed by atoms with Gasteiger partial charge in [0.1, 0.15) is 0 Å². The van der Waals surface area contributed by atoms with Crippen LogP contribution in [0.1, 0.15) is 75.8 Å². The molecule has 2 amide bonds. The fourth-order valence-electron chi connectivity index (χ4n) is 6.16. The fourth-order valence-corrected chi connectivity index (χ4v) is 6.16. The smallest absolute Gasteiger partial charge is 0.225 e. The summed E-state index contributed by atoms with van der Waals surface area (Å²) in [5.41, 5.74) is 8.87. The number of carbonyl (C=O) groups is 2. The van der Waals surface area contributed by atoms with E-state index in [2.05, 4.69) is 36.1 Å². The first-order chi connectivity index (χ1) is 13.9. The van der Waals surface area contributed by atoms with Crippen molar-refractivity contribution in [2.45, 2.75) is 75.5 Å². The number of likely N-dealkylation sites (tertiary alicyclic amines) is 1. The summed E-state index contributed by atoms with van der Waals surface area (Å²) in [5.74, 6) is 1.41. The lowest BCUT2D eigenvalue weighted by Gasteiger charge is -2.32. The highest BCUT2D eigenvalue weighted by atomic mass is 16.2. The molecule has 1 aromatic carbocycles. The molecule has 2 N–H and O–H groups in total. The summed E-state index contributed by atoms with van der Waals surface area (Å²) in [7, 11) is 0. The average molecular weight is 395 g/mol. The number of fused-ring (bicyclic) bond motifs is 1. The topological polar surface area (TPSA) is 63.4 Å². The van der Waals surface area contributed by atoms with E-state index in [1.165, 1.54) is 30.4 Å². The van der Waals surface area contributed by atoms with Crippen LogP contribution in [-0.4, -0.2) is 29.8 Å². The van der Waals surface area contributed by atoms with Crippen LogP contribution in [0.5, 0.6) is 0 Å². The van der Waals surface area contributed by atoms with E-state index >= 15 is 0 Å². The van der Waals surface area contributed by atoms with Gasteiger partial charge in [-0.3, -0.25) is 9.59 Å². The number of nitrogens with two attached hydrogens (primary N) is 1. The van der Waals surface area contributed by atoms with Crippen molar-refractivity contribution in [3.63, 3.8) is 0 Å². The second-order valence-electron chi connectivity index (χ2n) is 10.6. The van der Waals surface area contributed by atoms with Gasteiger partial charge in [0.05, 0.1) is 0 Å². The fraction of sp³-hybridized carbons (Fsp3) is 0.680. The first kappa shape index (κ1) is 19.1. The lowest BCUT2D eigenvalue weighted by molar-refractivity contribution is -0.136. The van der Waals surface area contributed by atoms with Crippen LogP contribution >= 0.6 is 0 Å². The Balaban J connectivity index is 1.21. The van der Waals surface area contributed by atoms with E-state index in [-0.39, 0.29) is 17.2 Å². The van der Waals surface area contributed by atoms with Crippen molar-refractivity contribution in [3.8, 4) is 0 Å². The van der Waals surface area contributed by atoms with Crippen LogP contribution in [0, 0.1) is 17.8 Å². The summed E-state index contributed by atoms with van der Waals surface area (Å²) in [6.45, 7) is 4.19. The third kappa shape index (κ3) is 3.49. The molecule has 4 nitrogen and oxygen atoms in total. The van der Waals surface area contributed by atoms with Gasteiger partial charge in [0.15, 0.2) is 0 Å².